The molecule has 1 aliphatic carbocycles. The number of rotatable bonds is 5. The summed E-state index contributed by atoms with van der Waals surface area (Å²) in [6, 6.07) is 26.2. The topological polar surface area (TPSA) is 20.2 Å². The molecule has 0 bridgehead atoms. The Labute approximate surface area is 185 Å². The SMILES string of the molecule is CCCC1(CCC)c2cc(-c3ccccc3)ccc2-c2c1cc(O)c1ccc(C)cc21. The Kier molecular flexibility index (Phi) is 4.85. The number of hydrogen-bond acceptors (Lipinski definition) is 1. The van der Waals surface area contributed by atoms with Crippen molar-refractivity contribution in [2.45, 2.75) is 51.9 Å². The van der Waals surface area contributed by atoms with Crippen molar-refractivity contribution < 1.29 is 5.11 Å². The average molecular weight is 407 g/mol. The van der Waals surface area contributed by atoms with E-state index < -0.39 is 0 Å². The molecule has 1 aliphatic rings. The van der Waals surface area contributed by atoms with Crippen molar-refractivity contribution in [3.05, 3.63) is 89.5 Å². The molecular weight excluding hydrogens is 376 g/mol. The maximum Gasteiger partial charge on any atom is 0.123 e. The van der Waals surface area contributed by atoms with Crippen LogP contribution in [-0.4, -0.2) is 5.11 Å². The monoisotopic (exact) mass is 406 g/mol. The second kappa shape index (κ2) is 7.57. The summed E-state index contributed by atoms with van der Waals surface area (Å²) in [6.07, 6.45) is 4.41. The highest BCUT2D eigenvalue weighted by molar-refractivity contribution is 6.05. The number of phenols is 1. The van der Waals surface area contributed by atoms with E-state index in [2.05, 4.69) is 93.6 Å². The van der Waals surface area contributed by atoms with Crippen molar-refractivity contribution in [3.8, 4) is 28.0 Å². The minimum absolute atomic E-state index is 0.0472. The summed E-state index contributed by atoms with van der Waals surface area (Å²) in [5, 5.41) is 13.1. The first-order chi connectivity index (χ1) is 15.1. The van der Waals surface area contributed by atoms with Crippen LogP contribution in [0.15, 0.2) is 72.8 Å². The van der Waals surface area contributed by atoms with E-state index in [0.29, 0.717) is 5.75 Å². The molecule has 156 valence electrons. The van der Waals surface area contributed by atoms with Crippen molar-refractivity contribution in [1.82, 2.24) is 0 Å². The van der Waals surface area contributed by atoms with Gasteiger partial charge in [0, 0.05) is 10.8 Å². The molecule has 4 aromatic carbocycles. The first kappa shape index (κ1) is 19.9. The smallest absolute Gasteiger partial charge is 0.123 e. The van der Waals surface area contributed by atoms with Gasteiger partial charge in [0.1, 0.15) is 5.75 Å². The van der Waals surface area contributed by atoms with Crippen LogP contribution >= 0.6 is 0 Å². The van der Waals surface area contributed by atoms with Gasteiger partial charge in [-0.25, -0.2) is 0 Å². The van der Waals surface area contributed by atoms with Crippen molar-refractivity contribution in [2.75, 3.05) is 0 Å². The standard InChI is InChI=1S/C30H30O/c1-4-15-30(16-5-2)26-18-22(21-9-7-6-8-10-21)12-14-24(26)29-25-17-20(3)11-13-23(25)28(31)19-27(29)30/h6-14,17-19,31H,4-5,15-16H2,1-3H3. The van der Waals surface area contributed by atoms with Crippen LogP contribution in [0.25, 0.3) is 33.0 Å². The van der Waals surface area contributed by atoms with Crippen molar-refractivity contribution in [1.29, 1.82) is 0 Å². The largest absolute Gasteiger partial charge is 0.507 e. The molecule has 31 heavy (non-hydrogen) atoms. The van der Waals surface area contributed by atoms with Crippen LogP contribution in [0.1, 0.15) is 56.2 Å². The Morgan fingerprint density at radius 1 is 0.710 bits per heavy atom. The maximum absolute atomic E-state index is 11.0. The summed E-state index contributed by atoms with van der Waals surface area (Å²) in [6.45, 7) is 6.69. The Morgan fingerprint density at radius 2 is 1.45 bits per heavy atom. The Hall–Kier alpha value is -3.06. The van der Waals surface area contributed by atoms with Gasteiger partial charge in [-0.15, -0.1) is 0 Å². The molecule has 0 radical (unpaired) electrons. The fourth-order valence-corrected chi connectivity index (χ4v) is 5.82. The fourth-order valence-electron chi connectivity index (χ4n) is 5.82. The van der Waals surface area contributed by atoms with Crippen LogP contribution in [0.4, 0.5) is 0 Å². The lowest BCUT2D eigenvalue weighted by atomic mass is 9.71. The Morgan fingerprint density at radius 3 is 2.16 bits per heavy atom. The van der Waals surface area contributed by atoms with Gasteiger partial charge in [0.05, 0.1) is 0 Å². The molecule has 0 fully saturated rings. The van der Waals surface area contributed by atoms with Crippen LogP contribution < -0.4 is 0 Å². The molecular formula is C30H30O. The molecule has 0 aliphatic heterocycles. The molecule has 0 aromatic heterocycles. The molecule has 5 rings (SSSR count). The predicted octanol–water partition coefficient (Wildman–Crippen LogP) is 8.39. The highest BCUT2D eigenvalue weighted by atomic mass is 16.3. The fraction of sp³-hybridized carbons (Fsp3) is 0.267. The number of phenolic OH excluding ortho intramolecular Hbond substituents is 1. The van der Waals surface area contributed by atoms with E-state index in [0.717, 1.165) is 31.1 Å². The number of aromatic hydroxyl groups is 1. The van der Waals surface area contributed by atoms with Gasteiger partial charge in [-0.1, -0.05) is 92.9 Å². The van der Waals surface area contributed by atoms with Crippen LogP contribution in [0, 0.1) is 6.92 Å². The molecule has 0 saturated heterocycles. The minimum Gasteiger partial charge on any atom is -0.507 e. The van der Waals surface area contributed by atoms with E-state index >= 15 is 0 Å². The third kappa shape index (κ3) is 2.98. The Bertz CT molecular complexity index is 1260. The summed E-state index contributed by atoms with van der Waals surface area (Å²) >= 11 is 0. The van der Waals surface area contributed by atoms with E-state index in [1.807, 2.05) is 0 Å². The number of aryl methyl sites for hydroxylation is 1. The van der Waals surface area contributed by atoms with Gasteiger partial charge in [0.15, 0.2) is 0 Å². The number of hydrogen-bond donors (Lipinski definition) is 1. The second-order valence-electron chi connectivity index (χ2n) is 9.08. The average Bonchev–Trinajstić information content (AvgIpc) is 3.04. The van der Waals surface area contributed by atoms with E-state index in [-0.39, 0.29) is 5.41 Å². The molecule has 1 N–H and O–H groups in total. The molecule has 0 saturated carbocycles. The van der Waals surface area contributed by atoms with Gasteiger partial charge >= 0.3 is 0 Å². The zero-order valence-corrected chi connectivity index (χ0v) is 18.7. The van der Waals surface area contributed by atoms with Crippen LogP contribution in [0.2, 0.25) is 0 Å². The lowest BCUT2D eigenvalue weighted by Crippen LogP contribution is -2.25. The molecule has 0 atom stereocenters. The molecule has 0 unspecified atom stereocenters. The quantitative estimate of drug-likeness (QED) is 0.353. The summed E-state index contributed by atoms with van der Waals surface area (Å²) in [7, 11) is 0. The maximum atomic E-state index is 11.0. The predicted molar refractivity (Wildman–Crippen MR) is 132 cm³/mol. The molecule has 1 nitrogen and oxygen atoms in total. The molecule has 1 heteroatoms. The normalized spacial score (nSPS) is 13.9. The first-order valence-corrected chi connectivity index (χ1v) is 11.6. The van der Waals surface area contributed by atoms with Crippen LogP contribution in [-0.2, 0) is 5.41 Å². The van der Waals surface area contributed by atoms with Crippen LogP contribution in [0.5, 0.6) is 5.75 Å². The molecule has 0 spiro atoms. The summed E-state index contributed by atoms with van der Waals surface area (Å²) in [5.41, 5.74) is 9.12. The van der Waals surface area contributed by atoms with E-state index in [1.165, 1.54) is 44.3 Å². The third-order valence-corrected chi connectivity index (χ3v) is 7.05. The summed E-state index contributed by atoms with van der Waals surface area (Å²) in [4.78, 5) is 0. The molecule has 0 amide bonds. The number of benzene rings is 4. The lowest BCUT2D eigenvalue weighted by Gasteiger charge is -2.32. The zero-order valence-electron chi connectivity index (χ0n) is 18.7. The van der Waals surface area contributed by atoms with E-state index in [9.17, 15) is 5.11 Å². The van der Waals surface area contributed by atoms with Gasteiger partial charge in [0.2, 0.25) is 0 Å². The van der Waals surface area contributed by atoms with E-state index in [1.54, 1.807) is 0 Å². The van der Waals surface area contributed by atoms with Gasteiger partial charge in [-0.3, -0.25) is 0 Å². The Balaban J connectivity index is 1.87. The first-order valence-electron chi connectivity index (χ1n) is 11.6. The van der Waals surface area contributed by atoms with Gasteiger partial charge in [0.25, 0.3) is 0 Å². The van der Waals surface area contributed by atoms with Gasteiger partial charge < -0.3 is 5.11 Å². The highest BCUT2D eigenvalue weighted by Crippen LogP contribution is 2.57. The minimum atomic E-state index is -0.0472. The van der Waals surface area contributed by atoms with Gasteiger partial charge in [-0.05, 0) is 70.7 Å². The van der Waals surface area contributed by atoms with Crippen LogP contribution in [0.3, 0.4) is 0 Å². The lowest BCUT2D eigenvalue weighted by molar-refractivity contribution is 0.431. The second-order valence-corrected chi connectivity index (χ2v) is 9.08. The van der Waals surface area contributed by atoms with Crippen molar-refractivity contribution in [3.63, 3.8) is 0 Å². The summed E-state index contributed by atoms with van der Waals surface area (Å²) < 4.78 is 0. The molecule has 0 heterocycles. The summed E-state index contributed by atoms with van der Waals surface area (Å²) in [5.74, 6) is 0.404. The van der Waals surface area contributed by atoms with Crippen molar-refractivity contribution in [2.24, 2.45) is 0 Å². The van der Waals surface area contributed by atoms with E-state index in [4.69, 9.17) is 0 Å². The zero-order chi connectivity index (χ0) is 21.6. The van der Waals surface area contributed by atoms with Crippen molar-refractivity contribution >= 4 is 10.8 Å². The third-order valence-electron chi connectivity index (χ3n) is 7.05. The molecule has 4 aromatic rings. The van der Waals surface area contributed by atoms with Gasteiger partial charge in [-0.2, -0.15) is 0 Å². The highest BCUT2D eigenvalue weighted by Gasteiger charge is 2.43. The number of fused-ring (bicyclic) bond motifs is 5.